The molecule has 0 fully saturated rings. The summed E-state index contributed by atoms with van der Waals surface area (Å²) in [6.07, 6.45) is 2.96. The number of fused-ring (bicyclic) bond motifs is 1. The van der Waals surface area contributed by atoms with E-state index in [0.717, 1.165) is 31.7 Å². The summed E-state index contributed by atoms with van der Waals surface area (Å²) in [6.45, 7) is 5.61. The van der Waals surface area contributed by atoms with Crippen molar-refractivity contribution in [3.05, 3.63) is 92.1 Å². The maximum absolute atomic E-state index is 13.6. The van der Waals surface area contributed by atoms with Gasteiger partial charge >= 0.3 is 0 Å². The van der Waals surface area contributed by atoms with E-state index in [0.29, 0.717) is 28.6 Å². The molecule has 4 heterocycles. The molecule has 8 heteroatoms. The van der Waals surface area contributed by atoms with Crippen LogP contribution in [-0.4, -0.2) is 26.6 Å². The number of aryl methyl sites for hydroxylation is 1. The lowest BCUT2D eigenvalue weighted by atomic mass is 10.0. The van der Waals surface area contributed by atoms with Crippen molar-refractivity contribution in [1.82, 2.24) is 20.1 Å². The number of thiophene rings is 1. The first-order valence-corrected chi connectivity index (χ1v) is 12.1. The summed E-state index contributed by atoms with van der Waals surface area (Å²) in [5.41, 5.74) is 6.13. The third-order valence-corrected chi connectivity index (χ3v) is 7.19. The topological polar surface area (TPSA) is 53.9 Å². The Morgan fingerprint density at radius 3 is 2.85 bits per heavy atom. The van der Waals surface area contributed by atoms with Gasteiger partial charge in [0, 0.05) is 42.8 Å². The van der Waals surface area contributed by atoms with Crippen LogP contribution in [0, 0.1) is 12.7 Å². The van der Waals surface area contributed by atoms with Gasteiger partial charge < -0.3 is 5.32 Å². The van der Waals surface area contributed by atoms with Crippen LogP contribution in [0.3, 0.4) is 0 Å². The molecule has 33 heavy (non-hydrogen) atoms. The zero-order valence-corrected chi connectivity index (χ0v) is 19.8. The Morgan fingerprint density at radius 1 is 1.15 bits per heavy atom. The predicted molar refractivity (Wildman–Crippen MR) is 131 cm³/mol. The first kappa shape index (κ1) is 21.9. The summed E-state index contributed by atoms with van der Waals surface area (Å²) in [4.78, 5) is 8.42. The van der Waals surface area contributed by atoms with Gasteiger partial charge in [-0.1, -0.05) is 17.7 Å². The van der Waals surface area contributed by atoms with Gasteiger partial charge in [-0.15, -0.1) is 21.5 Å². The second-order valence-electron chi connectivity index (χ2n) is 8.23. The second kappa shape index (κ2) is 9.55. The molecule has 0 unspecified atom stereocenters. The maximum Gasteiger partial charge on any atom is 0.148 e. The number of rotatable bonds is 6. The van der Waals surface area contributed by atoms with E-state index < -0.39 is 0 Å². The Kier molecular flexibility index (Phi) is 6.35. The van der Waals surface area contributed by atoms with Crippen molar-refractivity contribution in [2.24, 2.45) is 0 Å². The number of hydrogen-bond donors (Lipinski definition) is 1. The molecule has 168 valence electrons. The molecule has 5 nitrogen and oxygen atoms in total. The fourth-order valence-corrected chi connectivity index (χ4v) is 5.36. The average molecular weight is 480 g/mol. The van der Waals surface area contributed by atoms with Gasteiger partial charge in [-0.2, -0.15) is 0 Å². The second-order valence-corrected chi connectivity index (χ2v) is 9.60. The van der Waals surface area contributed by atoms with Gasteiger partial charge in [0.2, 0.25) is 0 Å². The largest absolute Gasteiger partial charge is 0.364 e. The zero-order valence-electron chi connectivity index (χ0n) is 18.2. The molecule has 4 aromatic rings. The molecule has 1 N–H and O–H groups in total. The molecule has 0 bridgehead atoms. The lowest BCUT2D eigenvalue weighted by molar-refractivity contribution is 0.245. The van der Waals surface area contributed by atoms with Crippen molar-refractivity contribution in [1.29, 1.82) is 0 Å². The third kappa shape index (κ3) is 5.05. The smallest absolute Gasteiger partial charge is 0.148 e. The Morgan fingerprint density at radius 2 is 2.06 bits per heavy atom. The fraction of sp³-hybridized carbons (Fsp3) is 0.240. The number of aromatic nitrogens is 3. The normalized spacial score (nSPS) is 13.7. The molecule has 0 atom stereocenters. The van der Waals surface area contributed by atoms with Crippen molar-refractivity contribution < 1.29 is 4.39 Å². The first-order chi connectivity index (χ1) is 16.0. The van der Waals surface area contributed by atoms with Crippen LogP contribution < -0.4 is 5.32 Å². The minimum atomic E-state index is -0.352. The molecule has 1 aliphatic rings. The van der Waals surface area contributed by atoms with Crippen LogP contribution in [-0.2, 0) is 26.1 Å². The highest BCUT2D eigenvalue weighted by atomic mass is 35.5. The summed E-state index contributed by atoms with van der Waals surface area (Å²) < 4.78 is 13.6. The Bertz CT molecular complexity index is 1260. The van der Waals surface area contributed by atoms with Crippen molar-refractivity contribution in [2.75, 3.05) is 11.9 Å². The molecule has 3 aromatic heterocycles. The average Bonchev–Trinajstić information content (AvgIpc) is 3.23. The van der Waals surface area contributed by atoms with E-state index in [1.54, 1.807) is 6.07 Å². The molecule has 0 saturated carbocycles. The summed E-state index contributed by atoms with van der Waals surface area (Å²) in [5, 5.41) is 14.5. The zero-order chi connectivity index (χ0) is 22.8. The maximum atomic E-state index is 13.6. The van der Waals surface area contributed by atoms with E-state index in [1.165, 1.54) is 39.8 Å². The van der Waals surface area contributed by atoms with E-state index in [-0.39, 0.29) is 5.82 Å². The van der Waals surface area contributed by atoms with Crippen LogP contribution in [0.15, 0.2) is 54.0 Å². The molecular formula is C25H23ClFN5S. The minimum Gasteiger partial charge on any atom is -0.364 e. The molecular weight excluding hydrogens is 457 g/mol. The standard InChI is InChI=1S/C25H23ClFN5S/c1-16-2-4-19(28-11-16)13-32-9-8-20-17(15-33-24(20)14-32)12-29-25-7-6-23(30-31-25)21-10-18(27)3-5-22(21)26/h2-7,10-11,15H,8-9,12-14H2,1H3,(H,29,31). The Labute approximate surface area is 201 Å². The van der Waals surface area contributed by atoms with Crippen LogP contribution >= 0.6 is 22.9 Å². The minimum absolute atomic E-state index is 0.352. The van der Waals surface area contributed by atoms with Crippen LogP contribution in [0.5, 0.6) is 0 Å². The molecule has 0 amide bonds. The molecule has 0 radical (unpaired) electrons. The van der Waals surface area contributed by atoms with E-state index in [9.17, 15) is 4.39 Å². The first-order valence-electron chi connectivity index (χ1n) is 10.8. The number of benzene rings is 1. The Balaban J connectivity index is 1.21. The number of hydrogen-bond acceptors (Lipinski definition) is 6. The quantitative estimate of drug-likeness (QED) is 0.374. The monoisotopic (exact) mass is 479 g/mol. The van der Waals surface area contributed by atoms with Crippen molar-refractivity contribution in [3.63, 3.8) is 0 Å². The summed E-state index contributed by atoms with van der Waals surface area (Å²) in [6, 6.07) is 12.1. The summed E-state index contributed by atoms with van der Waals surface area (Å²) in [5.74, 6) is 0.323. The molecule has 5 rings (SSSR count). The summed E-state index contributed by atoms with van der Waals surface area (Å²) in [7, 11) is 0. The van der Waals surface area contributed by atoms with Crippen molar-refractivity contribution >= 4 is 28.8 Å². The molecule has 0 spiro atoms. The fourth-order valence-electron chi connectivity index (χ4n) is 4.00. The number of pyridine rings is 1. The van der Waals surface area contributed by atoms with Gasteiger partial charge in [-0.3, -0.25) is 9.88 Å². The number of halogens is 2. The van der Waals surface area contributed by atoms with E-state index in [4.69, 9.17) is 11.6 Å². The lowest BCUT2D eigenvalue weighted by Crippen LogP contribution is -2.30. The highest BCUT2D eigenvalue weighted by Gasteiger charge is 2.21. The van der Waals surface area contributed by atoms with E-state index >= 15 is 0 Å². The van der Waals surface area contributed by atoms with Crippen molar-refractivity contribution in [3.8, 4) is 11.3 Å². The molecule has 1 aliphatic heterocycles. The van der Waals surface area contributed by atoms with Gasteiger partial charge in [0.05, 0.1) is 16.4 Å². The van der Waals surface area contributed by atoms with Gasteiger partial charge in [-0.25, -0.2) is 4.39 Å². The van der Waals surface area contributed by atoms with Crippen molar-refractivity contribution in [2.45, 2.75) is 33.0 Å². The molecule has 1 aromatic carbocycles. The van der Waals surface area contributed by atoms with E-state index in [1.807, 2.05) is 23.6 Å². The van der Waals surface area contributed by atoms with Gasteiger partial charge in [-0.05, 0) is 71.8 Å². The third-order valence-electron chi connectivity index (χ3n) is 5.80. The highest BCUT2D eigenvalue weighted by molar-refractivity contribution is 7.10. The predicted octanol–water partition coefficient (Wildman–Crippen LogP) is 5.87. The van der Waals surface area contributed by atoms with E-state index in [2.05, 4.69) is 49.8 Å². The van der Waals surface area contributed by atoms with Gasteiger partial charge in [0.1, 0.15) is 11.6 Å². The summed E-state index contributed by atoms with van der Waals surface area (Å²) >= 11 is 7.99. The molecule has 0 saturated heterocycles. The molecule has 0 aliphatic carbocycles. The van der Waals surface area contributed by atoms with Crippen LogP contribution in [0.2, 0.25) is 5.02 Å². The van der Waals surface area contributed by atoms with Gasteiger partial charge in [0.15, 0.2) is 0 Å². The highest BCUT2D eigenvalue weighted by Crippen LogP contribution is 2.30. The lowest BCUT2D eigenvalue weighted by Gasteiger charge is -2.27. The number of nitrogens with zero attached hydrogens (tertiary/aromatic N) is 4. The number of nitrogens with one attached hydrogen (secondary N) is 1. The van der Waals surface area contributed by atoms with Crippen LogP contribution in [0.25, 0.3) is 11.3 Å². The van der Waals surface area contributed by atoms with Gasteiger partial charge in [0.25, 0.3) is 0 Å². The van der Waals surface area contributed by atoms with Crippen LogP contribution in [0.4, 0.5) is 10.2 Å². The van der Waals surface area contributed by atoms with Crippen LogP contribution in [0.1, 0.15) is 27.3 Å². The Hall–Kier alpha value is -2.87. The SMILES string of the molecule is Cc1ccc(CN2CCc3c(CNc4ccc(-c5cc(F)ccc5Cl)nn4)csc3C2)nc1. The number of anilines is 1.